The van der Waals surface area contributed by atoms with Gasteiger partial charge in [-0.25, -0.2) is 0 Å². The molecule has 0 bridgehead atoms. The van der Waals surface area contributed by atoms with Crippen molar-refractivity contribution in [1.82, 2.24) is 15.1 Å². The summed E-state index contributed by atoms with van der Waals surface area (Å²) < 4.78 is 0. The van der Waals surface area contributed by atoms with Gasteiger partial charge < -0.3 is 32.3 Å². The van der Waals surface area contributed by atoms with Crippen molar-refractivity contribution in [2.75, 3.05) is 72.5 Å². The summed E-state index contributed by atoms with van der Waals surface area (Å²) in [7, 11) is 1.98. The van der Waals surface area contributed by atoms with Crippen LogP contribution >= 0.6 is 0 Å². The molecular weight excluding hydrogens is 228 g/mol. The Balaban J connectivity index is 3.78. The van der Waals surface area contributed by atoms with Crippen LogP contribution in [0.4, 0.5) is 0 Å². The van der Waals surface area contributed by atoms with E-state index in [2.05, 4.69) is 15.1 Å². The van der Waals surface area contributed by atoms with Crippen LogP contribution < -0.4 is 22.5 Å². The molecule has 6 heteroatoms. The molecule has 0 aliphatic rings. The second-order valence-corrected chi connectivity index (χ2v) is 4.51. The minimum Gasteiger partial charge on any atom is -0.329 e. The van der Waals surface area contributed by atoms with Crippen molar-refractivity contribution in [1.29, 1.82) is 0 Å². The molecule has 6 nitrogen and oxygen atoms in total. The second kappa shape index (κ2) is 13.2. The quantitative estimate of drug-likeness (QED) is 0.308. The molecule has 0 radical (unpaired) electrons. The van der Waals surface area contributed by atoms with Gasteiger partial charge in [-0.2, -0.15) is 0 Å². The molecule has 0 atom stereocenters. The Hall–Kier alpha value is -0.240. The Morgan fingerprint density at radius 2 is 1.17 bits per heavy atom. The maximum atomic E-state index is 5.62. The first kappa shape index (κ1) is 17.8. The maximum absolute atomic E-state index is 5.62. The molecule has 0 aromatic heterocycles. The highest BCUT2D eigenvalue weighted by Crippen LogP contribution is 1.94. The first-order valence-electron chi connectivity index (χ1n) is 6.98. The minimum absolute atomic E-state index is 0.701. The van der Waals surface area contributed by atoms with Crippen molar-refractivity contribution in [3.8, 4) is 0 Å². The van der Waals surface area contributed by atoms with Crippen LogP contribution in [0.2, 0.25) is 0 Å². The maximum Gasteiger partial charge on any atom is 0.0107 e. The van der Waals surface area contributed by atoms with E-state index in [1.807, 2.05) is 7.05 Å². The zero-order valence-corrected chi connectivity index (χ0v) is 11.9. The molecular formula is C12H32N6. The third kappa shape index (κ3) is 9.76. The third-order valence-corrected chi connectivity index (χ3v) is 2.96. The van der Waals surface area contributed by atoms with Crippen LogP contribution in [0.15, 0.2) is 0 Å². The van der Waals surface area contributed by atoms with Crippen LogP contribution in [0, 0.1) is 0 Å². The summed E-state index contributed by atoms with van der Waals surface area (Å²) in [6, 6.07) is 0. The van der Waals surface area contributed by atoms with Crippen LogP contribution in [-0.4, -0.2) is 82.3 Å². The minimum atomic E-state index is 0.701. The molecule has 7 N–H and O–H groups in total. The van der Waals surface area contributed by atoms with Crippen LogP contribution in [0.1, 0.15) is 6.42 Å². The molecule has 0 heterocycles. The predicted molar refractivity (Wildman–Crippen MR) is 78.6 cm³/mol. The fourth-order valence-corrected chi connectivity index (χ4v) is 2.01. The van der Waals surface area contributed by atoms with Crippen molar-refractivity contribution in [2.45, 2.75) is 6.42 Å². The van der Waals surface area contributed by atoms with Gasteiger partial charge in [-0.05, 0) is 26.6 Å². The lowest BCUT2D eigenvalue weighted by molar-refractivity contribution is 0.236. The van der Waals surface area contributed by atoms with Crippen molar-refractivity contribution in [3.05, 3.63) is 0 Å². The third-order valence-electron chi connectivity index (χ3n) is 2.96. The fraction of sp³-hybridized carbons (Fsp3) is 1.00. The van der Waals surface area contributed by atoms with Gasteiger partial charge in [0.25, 0.3) is 0 Å². The molecule has 0 amide bonds. The summed E-state index contributed by atoms with van der Waals surface area (Å²) in [6.07, 6.45) is 1.14. The number of nitrogens with zero attached hydrogens (tertiary/aromatic N) is 2. The summed E-state index contributed by atoms with van der Waals surface area (Å²) in [4.78, 5) is 4.73. The Bertz CT molecular complexity index is 161. The van der Waals surface area contributed by atoms with Gasteiger partial charge >= 0.3 is 0 Å². The monoisotopic (exact) mass is 260 g/mol. The molecule has 0 fully saturated rings. The average molecular weight is 260 g/mol. The topological polar surface area (TPSA) is 96.6 Å². The number of nitrogens with two attached hydrogens (primary N) is 3. The van der Waals surface area contributed by atoms with Crippen molar-refractivity contribution >= 4 is 0 Å². The molecule has 0 rings (SSSR count). The van der Waals surface area contributed by atoms with Gasteiger partial charge in [-0.3, -0.25) is 0 Å². The highest BCUT2D eigenvalue weighted by Gasteiger charge is 2.06. The molecule has 0 aromatic rings. The largest absolute Gasteiger partial charge is 0.329 e. The Morgan fingerprint density at radius 1 is 0.722 bits per heavy atom. The van der Waals surface area contributed by atoms with Crippen molar-refractivity contribution in [3.63, 3.8) is 0 Å². The van der Waals surface area contributed by atoms with Gasteiger partial charge in [0.2, 0.25) is 0 Å². The number of rotatable bonds is 13. The van der Waals surface area contributed by atoms with Crippen LogP contribution in [0.25, 0.3) is 0 Å². The fourth-order valence-electron chi connectivity index (χ4n) is 2.01. The average Bonchev–Trinajstić information content (AvgIpc) is 2.36. The van der Waals surface area contributed by atoms with Gasteiger partial charge in [-0.15, -0.1) is 0 Å². The van der Waals surface area contributed by atoms with Gasteiger partial charge in [0.1, 0.15) is 0 Å². The van der Waals surface area contributed by atoms with Crippen LogP contribution in [-0.2, 0) is 0 Å². The van der Waals surface area contributed by atoms with Crippen molar-refractivity contribution in [2.24, 2.45) is 17.2 Å². The van der Waals surface area contributed by atoms with Gasteiger partial charge in [-0.1, -0.05) is 0 Å². The zero-order chi connectivity index (χ0) is 13.6. The van der Waals surface area contributed by atoms with Crippen molar-refractivity contribution < 1.29 is 0 Å². The number of hydrogen-bond acceptors (Lipinski definition) is 6. The molecule has 0 unspecified atom stereocenters. The molecule has 0 aliphatic carbocycles. The summed E-state index contributed by atoms with van der Waals surface area (Å²) >= 11 is 0. The van der Waals surface area contributed by atoms with E-state index in [0.29, 0.717) is 13.1 Å². The lowest BCUT2D eigenvalue weighted by Crippen LogP contribution is -2.39. The van der Waals surface area contributed by atoms with E-state index < -0.39 is 0 Å². The molecule has 0 aliphatic heterocycles. The van der Waals surface area contributed by atoms with Crippen LogP contribution in [0.3, 0.4) is 0 Å². The SMILES string of the molecule is CNCCN(CCN)CCCN(CCN)CCN. The molecule has 0 spiro atoms. The van der Waals surface area contributed by atoms with Gasteiger partial charge in [0.05, 0.1) is 0 Å². The van der Waals surface area contributed by atoms with E-state index in [1.54, 1.807) is 0 Å². The number of hydrogen-bond donors (Lipinski definition) is 4. The summed E-state index contributed by atoms with van der Waals surface area (Å²) in [5.41, 5.74) is 16.8. The number of nitrogens with one attached hydrogen (secondary N) is 1. The summed E-state index contributed by atoms with van der Waals surface area (Å²) in [5.74, 6) is 0. The Morgan fingerprint density at radius 3 is 1.56 bits per heavy atom. The van der Waals surface area contributed by atoms with E-state index in [1.165, 1.54) is 0 Å². The molecule has 110 valence electrons. The second-order valence-electron chi connectivity index (χ2n) is 4.51. The number of likely N-dealkylation sites (N-methyl/N-ethyl adjacent to an activating group) is 1. The molecule has 0 saturated heterocycles. The predicted octanol–water partition coefficient (Wildman–Crippen LogP) is -1.92. The summed E-state index contributed by atoms with van der Waals surface area (Å²) in [6.45, 7) is 9.18. The van der Waals surface area contributed by atoms with Gasteiger partial charge in [0, 0.05) is 52.4 Å². The Labute approximate surface area is 112 Å². The zero-order valence-electron chi connectivity index (χ0n) is 11.9. The molecule has 0 aromatic carbocycles. The van der Waals surface area contributed by atoms with E-state index in [0.717, 1.165) is 58.8 Å². The highest BCUT2D eigenvalue weighted by atomic mass is 15.2. The van der Waals surface area contributed by atoms with E-state index in [9.17, 15) is 0 Å². The van der Waals surface area contributed by atoms with E-state index in [-0.39, 0.29) is 0 Å². The van der Waals surface area contributed by atoms with E-state index >= 15 is 0 Å². The Kier molecular flexibility index (Phi) is 13.0. The lowest BCUT2D eigenvalue weighted by atomic mass is 10.3. The standard InChI is InChI=1S/C12H32N6/c1-16-6-12-18(11-5-15)8-2-7-17(9-3-13)10-4-14/h16H,2-15H2,1H3. The van der Waals surface area contributed by atoms with Gasteiger partial charge in [0.15, 0.2) is 0 Å². The first-order chi connectivity index (χ1) is 8.78. The smallest absolute Gasteiger partial charge is 0.0107 e. The molecule has 18 heavy (non-hydrogen) atoms. The normalized spacial score (nSPS) is 11.7. The van der Waals surface area contributed by atoms with Crippen LogP contribution in [0.5, 0.6) is 0 Å². The summed E-state index contributed by atoms with van der Waals surface area (Å²) in [5, 5.41) is 3.17. The first-order valence-corrected chi connectivity index (χ1v) is 6.98. The molecule has 0 saturated carbocycles. The van der Waals surface area contributed by atoms with E-state index in [4.69, 9.17) is 17.2 Å². The lowest BCUT2D eigenvalue weighted by Gasteiger charge is -2.25. The highest BCUT2D eigenvalue weighted by molar-refractivity contribution is 4.64.